The van der Waals surface area contributed by atoms with E-state index in [0.717, 1.165) is 37.8 Å². The van der Waals surface area contributed by atoms with Gasteiger partial charge in [-0.2, -0.15) is 0 Å². The Morgan fingerprint density at radius 3 is 2.69 bits per heavy atom. The molecule has 2 unspecified atom stereocenters. The Hall–Kier alpha value is -1.83. The molecule has 0 bridgehead atoms. The highest BCUT2D eigenvalue weighted by Crippen LogP contribution is 2.23. The zero-order valence-electron chi connectivity index (χ0n) is 15.2. The van der Waals surface area contributed by atoms with Crippen molar-refractivity contribution in [1.29, 1.82) is 0 Å². The fourth-order valence-electron chi connectivity index (χ4n) is 3.97. The molecule has 4 rings (SSSR count). The number of piperazine rings is 1. The molecule has 7 nitrogen and oxygen atoms in total. The minimum Gasteiger partial charge on any atom is -0.378 e. The molecule has 3 aliphatic rings. The first-order valence-corrected chi connectivity index (χ1v) is 9.69. The van der Waals surface area contributed by atoms with Crippen LogP contribution in [0.3, 0.4) is 0 Å². The molecule has 0 spiro atoms. The topological polar surface area (TPSA) is 79.9 Å². The Labute approximate surface area is 154 Å². The summed E-state index contributed by atoms with van der Waals surface area (Å²) in [6.07, 6.45) is 0.267. The van der Waals surface area contributed by atoms with Gasteiger partial charge in [-0.1, -0.05) is 6.07 Å². The Morgan fingerprint density at radius 2 is 2.00 bits per heavy atom. The Kier molecular flexibility index (Phi) is 5.28. The Balaban J connectivity index is 1.32. The van der Waals surface area contributed by atoms with Crippen LogP contribution in [0.5, 0.6) is 0 Å². The van der Waals surface area contributed by atoms with E-state index >= 15 is 0 Å². The SMILES string of the molecule is O=C1CCC(Nc2cccc(N3CCN(CC4CNC4)CC3)c2)C(O)N1. The number of amides is 1. The van der Waals surface area contributed by atoms with Crippen LogP contribution in [0.15, 0.2) is 24.3 Å². The second-order valence-electron chi connectivity index (χ2n) is 7.66. The van der Waals surface area contributed by atoms with Gasteiger partial charge in [0.1, 0.15) is 6.23 Å². The van der Waals surface area contributed by atoms with Crippen LogP contribution in [-0.4, -0.2) is 74.0 Å². The third-order valence-corrected chi connectivity index (χ3v) is 5.69. The van der Waals surface area contributed by atoms with Gasteiger partial charge in [0, 0.05) is 63.6 Å². The van der Waals surface area contributed by atoms with Gasteiger partial charge in [0.15, 0.2) is 0 Å². The summed E-state index contributed by atoms with van der Waals surface area (Å²) in [5.74, 6) is 0.747. The number of hydrogen-bond acceptors (Lipinski definition) is 6. The monoisotopic (exact) mass is 359 g/mol. The van der Waals surface area contributed by atoms with E-state index in [-0.39, 0.29) is 11.9 Å². The molecule has 3 heterocycles. The molecular formula is C19H29N5O2. The van der Waals surface area contributed by atoms with Crippen LogP contribution in [-0.2, 0) is 4.79 Å². The van der Waals surface area contributed by atoms with E-state index in [1.165, 1.54) is 25.3 Å². The summed E-state index contributed by atoms with van der Waals surface area (Å²) in [7, 11) is 0. The van der Waals surface area contributed by atoms with Gasteiger partial charge >= 0.3 is 0 Å². The number of carbonyl (C=O) groups is 1. The zero-order chi connectivity index (χ0) is 17.9. The van der Waals surface area contributed by atoms with E-state index < -0.39 is 6.23 Å². The first-order valence-electron chi connectivity index (χ1n) is 9.69. The summed E-state index contributed by atoms with van der Waals surface area (Å²) < 4.78 is 0. The average Bonchev–Trinajstić information content (AvgIpc) is 2.61. The second kappa shape index (κ2) is 7.82. The minimum absolute atomic E-state index is 0.0835. The van der Waals surface area contributed by atoms with Crippen LogP contribution in [0, 0.1) is 5.92 Å². The van der Waals surface area contributed by atoms with Crippen molar-refractivity contribution >= 4 is 17.3 Å². The van der Waals surface area contributed by atoms with Crippen molar-refractivity contribution < 1.29 is 9.90 Å². The maximum Gasteiger partial charge on any atom is 0.222 e. The molecule has 3 aliphatic heterocycles. The van der Waals surface area contributed by atoms with Gasteiger partial charge in [-0.25, -0.2) is 0 Å². The van der Waals surface area contributed by atoms with E-state index in [1.54, 1.807) is 0 Å². The lowest BCUT2D eigenvalue weighted by atomic mass is 10.0. The lowest BCUT2D eigenvalue weighted by molar-refractivity contribution is -0.126. The van der Waals surface area contributed by atoms with Crippen LogP contribution in [0.25, 0.3) is 0 Å². The molecule has 4 N–H and O–H groups in total. The van der Waals surface area contributed by atoms with Gasteiger partial charge in [-0.15, -0.1) is 0 Å². The summed E-state index contributed by atoms with van der Waals surface area (Å²) in [5, 5.41) is 19.3. The van der Waals surface area contributed by atoms with Gasteiger partial charge in [-0.05, 0) is 30.5 Å². The number of carbonyl (C=O) groups excluding carboxylic acids is 1. The first-order chi connectivity index (χ1) is 12.7. The summed E-state index contributed by atoms with van der Waals surface area (Å²) in [5.41, 5.74) is 2.21. The van der Waals surface area contributed by atoms with Crippen LogP contribution >= 0.6 is 0 Å². The van der Waals surface area contributed by atoms with Crippen molar-refractivity contribution in [3.05, 3.63) is 24.3 Å². The number of benzene rings is 1. The van der Waals surface area contributed by atoms with Crippen LogP contribution in [0.1, 0.15) is 12.8 Å². The third kappa shape index (κ3) is 4.11. The second-order valence-corrected chi connectivity index (χ2v) is 7.66. The predicted octanol–water partition coefficient (Wildman–Crippen LogP) is 0.0369. The largest absolute Gasteiger partial charge is 0.378 e. The number of piperidine rings is 1. The van der Waals surface area contributed by atoms with E-state index in [2.05, 4.69) is 43.9 Å². The molecule has 1 aromatic carbocycles. The van der Waals surface area contributed by atoms with Crippen molar-refractivity contribution in [2.75, 3.05) is 56.0 Å². The van der Waals surface area contributed by atoms with Gasteiger partial charge in [0.2, 0.25) is 5.91 Å². The highest BCUT2D eigenvalue weighted by Gasteiger charge is 2.27. The Bertz CT molecular complexity index is 628. The number of hydrogen-bond donors (Lipinski definition) is 4. The lowest BCUT2D eigenvalue weighted by Crippen LogP contribution is -2.53. The summed E-state index contributed by atoms with van der Waals surface area (Å²) >= 11 is 0. The third-order valence-electron chi connectivity index (χ3n) is 5.69. The smallest absolute Gasteiger partial charge is 0.222 e. The first kappa shape index (κ1) is 17.6. The molecular weight excluding hydrogens is 330 g/mol. The number of nitrogens with one attached hydrogen (secondary N) is 3. The quantitative estimate of drug-likeness (QED) is 0.594. The highest BCUT2D eigenvalue weighted by molar-refractivity contribution is 5.77. The van der Waals surface area contributed by atoms with Crippen molar-refractivity contribution in [3.63, 3.8) is 0 Å². The normalized spacial score (nSPS) is 27.7. The Morgan fingerprint density at radius 1 is 1.19 bits per heavy atom. The van der Waals surface area contributed by atoms with Crippen molar-refractivity contribution in [3.8, 4) is 0 Å². The average molecular weight is 359 g/mol. The van der Waals surface area contributed by atoms with Crippen molar-refractivity contribution in [2.24, 2.45) is 5.92 Å². The summed E-state index contributed by atoms with van der Waals surface area (Å²) in [4.78, 5) is 16.3. The molecule has 0 aromatic heterocycles. The zero-order valence-corrected chi connectivity index (χ0v) is 15.2. The van der Waals surface area contributed by atoms with Crippen LogP contribution < -0.4 is 20.9 Å². The van der Waals surface area contributed by atoms with Crippen molar-refractivity contribution in [2.45, 2.75) is 25.1 Å². The number of rotatable bonds is 5. The standard InChI is InChI=1S/C19H29N5O2/c25-18-5-4-17(19(26)22-18)21-15-2-1-3-16(10-15)24-8-6-23(7-9-24)13-14-11-20-12-14/h1-3,10,14,17,19-21,26H,4-9,11-13H2,(H,22,25). The molecule has 3 fully saturated rings. The molecule has 0 radical (unpaired) electrons. The van der Waals surface area contributed by atoms with Crippen LogP contribution in [0.4, 0.5) is 11.4 Å². The molecule has 1 amide bonds. The summed E-state index contributed by atoms with van der Waals surface area (Å²) in [6, 6.07) is 8.23. The van der Waals surface area contributed by atoms with Crippen molar-refractivity contribution in [1.82, 2.24) is 15.5 Å². The number of aliphatic hydroxyl groups is 1. The van der Waals surface area contributed by atoms with E-state index in [4.69, 9.17) is 0 Å². The van der Waals surface area contributed by atoms with E-state index in [1.807, 2.05) is 6.07 Å². The van der Waals surface area contributed by atoms with Gasteiger partial charge in [-0.3, -0.25) is 9.69 Å². The number of nitrogens with zero attached hydrogens (tertiary/aromatic N) is 2. The number of aliphatic hydroxyl groups excluding tert-OH is 1. The molecule has 0 aliphatic carbocycles. The molecule has 1 aromatic rings. The molecule has 142 valence electrons. The number of anilines is 2. The van der Waals surface area contributed by atoms with E-state index in [9.17, 15) is 9.90 Å². The maximum absolute atomic E-state index is 11.3. The summed E-state index contributed by atoms with van der Waals surface area (Å²) in [6.45, 7) is 7.87. The lowest BCUT2D eigenvalue weighted by Gasteiger charge is -2.39. The minimum atomic E-state index is -0.829. The molecule has 26 heavy (non-hydrogen) atoms. The molecule has 3 saturated heterocycles. The molecule has 7 heteroatoms. The molecule has 2 atom stereocenters. The fraction of sp³-hybridized carbons (Fsp3) is 0.632. The maximum atomic E-state index is 11.3. The fourth-order valence-corrected chi connectivity index (χ4v) is 3.97. The van der Waals surface area contributed by atoms with Gasteiger partial charge in [0.25, 0.3) is 0 Å². The molecule has 0 saturated carbocycles. The van der Waals surface area contributed by atoms with Crippen LogP contribution in [0.2, 0.25) is 0 Å². The van der Waals surface area contributed by atoms with Gasteiger partial charge in [0.05, 0.1) is 6.04 Å². The van der Waals surface area contributed by atoms with E-state index in [0.29, 0.717) is 12.8 Å². The van der Waals surface area contributed by atoms with Gasteiger partial charge < -0.3 is 26.0 Å². The highest BCUT2D eigenvalue weighted by atomic mass is 16.3. The predicted molar refractivity (Wildman–Crippen MR) is 102 cm³/mol.